The summed E-state index contributed by atoms with van der Waals surface area (Å²) in [6.45, 7) is 7.46. The number of para-hydroxylation sites is 1. The van der Waals surface area contributed by atoms with Crippen molar-refractivity contribution in [2.24, 2.45) is 10.8 Å². The van der Waals surface area contributed by atoms with Gasteiger partial charge < -0.3 is 5.32 Å². The van der Waals surface area contributed by atoms with Crippen LogP contribution in [0.3, 0.4) is 0 Å². The number of ketones is 1. The van der Waals surface area contributed by atoms with E-state index in [-0.39, 0.29) is 16.7 Å². The largest absolute Gasteiger partial charge is 0.351 e. The maximum atomic E-state index is 13.2. The van der Waals surface area contributed by atoms with Gasteiger partial charge in [0.1, 0.15) is 42.6 Å². The summed E-state index contributed by atoms with van der Waals surface area (Å²) in [7, 11) is 0. The number of amides is 1. The first-order valence-electron chi connectivity index (χ1n) is 9.12. The van der Waals surface area contributed by atoms with Crippen LogP contribution in [0.25, 0.3) is 0 Å². The summed E-state index contributed by atoms with van der Waals surface area (Å²) in [5.74, 6) is 0.584. The minimum Gasteiger partial charge on any atom is -0.314 e. The quantitative estimate of drug-likeness (QED) is 0.650. The van der Waals surface area contributed by atoms with Crippen LogP contribution in [-0.4, -0.2) is 37.9 Å². The number of hydrogen-bond acceptors (Lipinski definition) is 2. The number of nitrogens with one attached hydrogen (secondary N) is 3. The van der Waals surface area contributed by atoms with Crippen LogP contribution in [0.1, 0.15) is 32.3 Å². The molecule has 126 valence electrons. The van der Waals surface area contributed by atoms with Crippen LogP contribution in [0.4, 0.5) is 5.69 Å². The van der Waals surface area contributed by atoms with Crippen LogP contribution < -0.4 is 15.1 Å². The molecule has 0 saturated carbocycles. The molecule has 5 heterocycles. The summed E-state index contributed by atoms with van der Waals surface area (Å²) in [5, 5.41) is 3.12. The Morgan fingerprint density at radius 3 is 2.42 bits per heavy atom. The zero-order valence-corrected chi connectivity index (χ0v) is 14.4. The van der Waals surface area contributed by atoms with Gasteiger partial charge in [0.05, 0.1) is 5.69 Å². The van der Waals surface area contributed by atoms with Crippen molar-refractivity contribution in [3.63, 3.8) is 0 Å². The summed E-state index contributed by atoms with van der Waals surface area (Å²) in [4.78, 5) is 29.0. The number of benzene rings is 1. The standard InChI is InChI=1S/C19H23N3O2/c1-3-8-18-11-21-9-17(2,15(18)23)10-22(12-18)19(21)13-6-4-5-7-14(13)20-16(19)24/h4-7H,3,8-12H2,1-2H3,(H,20,24)/p+2. The molecule has 3 N–H and O–H groups in total. The van der Waals surface area contributed by atoms with E-state index in [0.717, 1.165) is 50.3 Å². The first-order valence-corrected chi connectivity index (χ1v) is 9.12. The van der Waals surface area contributed by atoms with E-state index in [1.54, 1.807) is 0 Å². The zero-order chi connectivity index (χ0) is 16.7. The smallest absolute Gasteiger partial charge is 0.314 e. The molecular formula is C19H25N3O2+2. The summed E-state index contributed by atoms with van der Waals surface area (Å²) < 4.78 is 0. The summed E-state index contributed by atoms with van der Waals surface area (Å²) in [6.07, 6.45) is 1.98. The van der Waals surface area contributed by atoms with Crippen LogP contribution in [0.15, 0.2) is 24.3 Å². The van der Waals surface area contributed by atoms with Gasteiger partial charge in [0.2, 0.25) is 0 Å². The molecule has 0 aromatic heterocycles. The maximum Gasteiger partial charge on any atom is 0.351 e. The molecule has 24 heavy (non-hydrogen) atoms. The van der Waals surface area contributed by atoms with Gasteiger partial charge >= 0.3 is 11.6 Å². The minimum absolute atomic E-state index is 0.121. The molecule has 6 rings (SSSR count). The lowest BCUT2D eigenvalue weighted by Crippen LogP contribution is -3.48. The molecule has 1 aromatic rings. The Balaban J connectivity index is 1.69. The van der Waals surface area contributed by atoms with E-state index in [2.05, 4.69) is 25.2 Å². The van der Waals surface area contributed by atoms with Crippen molar-refractivity contribution in [2.45, 2.75) is 32.4 Å². The van der Waals surface area contributed by atoms with Crippen molar-refractivity contribution >= 4 is 17.4 Å². The number of anilines is 1. The van der Waals surface area contributed by atoms with Gasteiger partial charge in [-0.15, -0.1) is 0 Å². The second-order valence-electron chi connectivity index (χ2n) is 8.58. The molecule has 4 fully saturated rings. The lowest BCUT2D eigenvalue weighted by molar-refractivity contribution is -1.20. The van der Waals surface area contributed by atoms with Crippen LogP contribution in [0.2, 0.25) is 0 Å². The van der Waals surface area contributed by atoms with Gasteiger partial charge in [-0.1, -0.05) is 25.5 Å². The highest BCUT2D eigenvalue weighted by Crippen LogP contribution is 2.43. The predicted molar refractivity (Wildman–Crippen MR) is 88.6 cm³/mol. The molecule has 1 spiro atoms. The second kappa shape index (κ2) is 4.27. The lowest BCUT2D eigenvalue weighted by atomic mass is 9.58. The van der Waals surface area contributed by atoms with Crippen molar-refractivity contribution < 1.29 is 19.4 Å². The Labute approximate surface area is 142 Å². The van der Waals surface area contributed by atoms with Crippen molar-refractivity contribution in [1.29, 1.82) is 0 Å². The molecule has 5 aliphatic rings. The second-order valence-corrected chi connectivity index (χ2v) is 8.58. The van der Waals surface area contributed by atoms with Gasteiger partial charge in [-0.25, -0.2) is 0 Å². The Kier molecular flexibility index (Phi) is 2.60. The molecule has 5 nitrogen and oxygen atoms in total. The number of fused-ring (bicyclic) bond motifs is 1. The van der Waals surface area contributed by atoms with Gasteiger partial charge in [-0.05, 0) is 25.5 Å². The van der Waals surface area contributed by atoms with E-state index in [0.29, 0.717) is 5.78 Å². The summed E-state index contributed by atoms with van der Waals surface area (Å²) >= 11 is 0. The van der Waals surface area contributed by atoms with Crippen molar-refractivity contribution in [1.82, 2.24) is 0 Å². The molecule has 0 radical (unpaired) electrons. The third kappa shape index (κ3) is 1.40. The normalized spacial score (nSPS) is 44.9. The van der Waals surface area contributed by atoms with Crippen LogP contribution in [-0.2, 0) is 15.3 Å². The third-order valence-corrected chi connectivity index (χ3v) is 7.05. The Morgan fingerprint density at radius 1 is 1.08 bits per heavy atom. The number of carbonyl (C=O) groups excluding carboxylic acids is 2. The molecule has 1 aromatic carbocycles. The lowest BCUT2D eigenvalue weighted by Gasteiger charge is -2.62. The fourth-order valence-corrected chi connectivity index (χ4v) is 6.48. The molecule has 0 aliphatic carbocycles. The van der Waals surface area contributed by atoms with Gasteiger partial charge in [0.15, 0.2) is 5.78 Å². The molecule has 4 saturated heterocycles. The van der Waals surface area contributed by atoms with Crippen LogP contribution in [0.5, 0.6) is 0 Å². The zero-order valence-electron chi connectivity index (χ0n) is 14.4. The fourth-order valence-electron chi connectivity index (χ4n) is 6.48. The van der Waals surface area contributed by atoms with E-state index >= 15 is 0 Å². The maximum absolute atomic E-state index is 13.2. The number of quaternary nitrogens is 2. The van der Waals surface area contributed by atoms with E-state index in [9.17, 15) is 9.59 Å². The summed E-state index contributed by atoms with van der Waals surface area (Å²) in [5.41, 5.74) is 1.03. The highest BCUT2D eigenvalue weighted by molar-refractivity contribution is 6.04. The number of piperidine rings is 2. The highest BCUT2D eigenvalue weighted by Gasteiger charge is 2.78. The minimum atomic E-state index is -0.548. The van der Waals surface area contributed by atoms with E-state index in [1.807, 2.05) is 18.2 Å². The Hall–Kier alpha value is -1.72. The van der Waals surface area contributed by atoms with Crippen LogP contribution >= 0.6 is 0 Å². The molecule has 5 heteroatoms. The summed E-state index contributed by atoms with van der Waals surface area (Å²) in [6, 6.07) is 8.11. The Bertz CT molecular complexity index is 756. The van der Waals surface area contributed by atoms with Crippen molar-refractivity contribution in [3.05, 3.63) is 29.8 Å². The molecule has 5 aliphatic heterocycles. The number of carbonyl (C=O) groups is 2. The van der Waals surface area contributed by atoms with Crippen LogP contribution in [0, 0.1) is 10.8 Å². The monoisotopic (exact) mass is 327 g/mol. The molecule has 2 atom stereocenters. The molecular weight excluding hydrogens is 302 g/mol. The highest BCUT2D eigenvalue weighted by atomic mass is 16.2. The third-order valence-electron chi connectivity index (χ3n) is 7.05. The average molecular weight is 327 g/mol. The van der Waals surface area contributed by atoms with E-state index in [1.165, 1.54) is 9.80 Å². The molecule has 2 unspecified atom stereocenters. The average Bonchev–Trinajstić information content (AvgIpc) is 2.82. The number of Topliss-reactive ketones (excluding diaryl/α,β-unsaturated/α-hetero) is 1. The van der Waals surface area contributed by atoms with Gasteiger partial charge in [-0.3, -0.25) is 19.4 Å². The first-order chi connectivity index (χ1) is 11.5. The van der Waals surface area contributed by atoms with Gasteiger partial charge in [0.25, 0.3) is 0 Å². The fraction of sp³-hybridized carbons (Fsp3) is 0.579. The first kappa shape index (κ1) is 14.6. The van der Waals surface area contributed by atoms with Crippen molar-refractivity contribution in [3.8, 4) is 0 Å². The van der Waals surface area contributed by atoms with Crippen molar-refractivity contribution in [2.75, 3.05) is 31.5 Å². The predicted octanol–water partition coefficient (Wildman–Crippen LogP) is -1.04. The number of hydrogen-bond donors (Lipinski definition) is 3. The van der Waals surface area contributed by atoms with E-state index < -0.39 is 5.66 Å². The molecule has 1 amide bonds. The van der Waals surface area contributed by atoms with E-state index in [4.69, 9.17) is 0 Å². The van der Waals surface area contributed by atoms with Gasteiger partial charge in [-0.2, -0.15) is 0 Å². The molecule has 4 bridgehead atoms. The SMILES string of the molecule is CCCC12C[NH+]3CC(C)(C[NH+](C1)C31C(=O)Nc3ccccc31)C2=O. The van der Waals surface area contributed by atoms with Gasteiger partial charge in [0, 0.05) is 0 Å². The topological polar surface area (TPSA) is 55.1 Å². The number of rotatable bonds is 2. The Morgan fingerprint density at radius 2 is 1.75 bits per heavy atom.